The van der Waals surface area contributed by atoms with Crippen LogP contribution >= 0.6 is 0 Å². The Balaban J connectivity index is 1.33. The summed E-state index contributed by atoms with van der Waals surface area (Å²) in [5, 5.41) is 11.0. The normalized spacial score (nSPS) is 20.9. The molecule has 7 rings (SSSR count). The molecule has 2 aromatic carbocycles. The number of pyridine rings is 1. The molecule has 0 amide bonds. The average Bonchev–Trinajstić information content (AvgIpc) is 3.63. The molecule has 0 radical (unpaired) electrons. The lowest BCUT2D eigenvalue weighted by molar-refractivity contribution is 0.108. The van der Waals surface area contributed by atoms with Crippen LogP contribution in [0.15, 0.2) is 42.6 Å². The van der Waals surface area contributed by atoms with Gasteiger partial charge in [-0.05, 0) is 75.9 Å². The minimum Gasteiger partial charge on any atom is -0.461 e. The number of nitriles is 1. The lowest BCUT2D eigenvalue weighted by Crippen LogP contribution is -2.43. The van der Waals surface area contributed by atoms with Crippen LogP contribution < -0.4 is 9.64 Å². The molecular formula is C34H36F2N6O. The molecule has 3 aliphatic heterocycles. The number of aromatic nitrogens is 3. The molecule has 0 aliphatic carbocycles. The van der Waals surface area contributed by atoms with Crippen LogP contribution in [0.2, 0.25) is 0 Å². The summed E-state index contributed by atoms with van der Waals surface area (Å²) in [4.78, 5) is 18.8. The summed E-state index contributed by atoms with van der Waals surface area (Å²) in [5.74, 6) is -0.378. The Bertz CT molecular complexity index is 1690. The number of hydrogen-bond donors (Lipinski definition) is 0. The van der Waals surface area contributed by atoms with E-state index in [4.69, 9.17) is 9.72 Å². The highest BCUT2D eigenvalue weighted by Crippen LogP contribution is 2.40. The van der Waals surface area contributed by atoms with Gasteiger partial charge < -0.3 is 9.64 Å². The van der Waals surface area contributed by atoms with E-state index in [0.29, 0.717) is 40.7 Å². The zero-order chi connectivity index (χ0) is 29.4. The fraction of sp³-hybridized carbons (Fsp3) is 0.471. The first kappa shape index (κ1) is 27.9. The maximum absolute atomic E-state index is 16.6. The fourth-order valence-corrected chi connectivity index (χ4v) is 7.49. The van der Waals surface area contributed by atoms with Crippen molar-refractivity contribution in [3.8, 4) is 23.3 Å². The molecule has 9 heteroatoms. The molecule has 4 aromatic rings. The van der Waals surface area contributed by atoms with Crippen LogP contribution in [0, 0.1) is 28.9 Å². The molecule has 0 saturated carbocycles. The van der Waals surface area contributed by atoms with E-state index in [9.17, 15) is 5.26 Å². The summed E-state index contributed by atoms with van der Waals surface area (Å²) in [6.07, 6.45) is 10.5. The zero-order valence-electron chi connectivity index (χ0n) is 24.4. The summed E-state index contributed by atoms with van der Waals surface area (Å²) in [6.45, 7) is 4.06. The molecule has 1 atom stereocenters. The average molecular weight is 583 g/mol. The van der Waals surface area contributed by atoms with Crippen molar-refractivity contribution in [2.75, 3.05) is 37.7 Å². The molecule has 0 spiro atoms. The molecule has 7 nitrogen and oxygen atoms in total. The monoisotopic (exact) mass is 582 g/mol. The standard InChI is InChI=1S/C34H36F2N6O/c35-27-13-4-11-24-10-3-12-25(28(24)27)30-29(36)31-26(21-38-30)32(41-16-2-1-8-23(20-37)9-5-17-41)40-33(39-31)43-22-34-14-6-18-42(34)19-7-15-34/h3-4,10-13,21,23H,1-2,5-9,14-19,22H2. The van der Waals surface area contributed by atoms with Crippen LogP contribution in [0.5, 0.6) is 6.01 Å². The van der Waals surface area contributed by atoms with Crippen molar-refractivity contribution < 1.29 is 13.5 Å². The Kier molecular flexibility index (Phi) is 7.56. The van der Waals surface area contributed by atoms with Gasteiger partial charge >= 0.3 is 6.01 Å². The first-order chi connectivity index (χ1) is 21.1. The topological polar surface area (TPSA) is 78.2 Å². The molecule has 0 bridgehead atoms. The second-order valence-corrected chi connectivity index (χ2v) is 12.3. The maximum Gasteiger partial charge on any atom is 0.319 e. The number of halogens is 2. The van der Waals surface area contributed by atoms with Gasteiger partial charge in [0.2, 0.25) is 0 Å². The third-order valence-corrected chi connectivity index (χ3v) is 9.73. The molecule has 5 heterocycles. The number of ether oxygens (including phenoxy) is 1. The van der Waals surface area contributed by atoms with E-state index in [-0.39, 0.29) is 28.7 Å². The van der Waals surface area contributed by atoms with Crippen LogP contribution in [-0.4, -0.2) is 58.2 Å². The van der Waals surface area contributed by atoms with Crippen molar-refractivity contribution in [3.05, 3.63) is 54.2 Å². The SMILES string of the molecule is N#CC1CCCCN(c2nc(OCC34CCCN3CCC4)nc3c(F)c(-c4cccc5cccc(F)c45)ncc23)CCC1. The van der Waals surface area contributed by atoms with Crippen LogP contribution in [0.1, 0.15) is 57.8 Å². The van der Waals surface area contributed by atoms with E-state index in [1.54, 1.807) is 24.4 Å². The molecule has 3 aliphatic rings. The third kappa shape index (κ3) is 5.16. The number of rotatable bonds is 5. The lowest BCUT2D eigenvalue weighted by atomic mass is 9.95. The maximum atomic E-state index is 16.6. The van der Waals surface area contributed by atoms with Crippen LogP contribution in [0.25, 0.3) is 32.9 Å². The van der Waals surface area contributed by atoms with Gasteiger partial charge in [-0.2, -0.15) is 15.2 Å². The van der Waals surface area contributed by atoms with E-state index in [0.717, 1.165) is 77.4 Å². The van der Waals surface area contributed by atoms with Gasteiger partial charge in [-0.15, -0.1) is 0 Å². The Hall–Kier alpha value is -3.90. The minimum atomic E-state index is -0.614. The highest BCUT2D eigenvalue weighted by molar-refractivity contribution is 5.99. The zero-order valence-corrected chi connectivity index (χ0v) is 24.4. The van der Waals surface area contributed by atoms with Gasteiger partial charge in [-0.3, -0.25) is 9.88 Å². The van der Waals surface area contributed by atoms with Crippen molar-refractivity contribution in [1.29, 1.82) is 5.26 Å². The van der Waals surface area contributed by atoms with Crippen molar-refractivity contribution in [3.63, 3.8) is 0 Å². The Morgan fingerprint density at radius 2 is 1.70 bits per heavy atom. The van der Waals surface area contributed by atoms with Gasteiger partial charge in [-0.1, -0.05) is 36.8 Å². The lowest BCUT2D eigenvalue weighted by Gasteiger charge is -2.31. The Morgan fingerprint density at radius 3 is 2.51 bits per heavy atom. The van der Waals surface area contributed by atoms with Gasteiger partial charge in [-0.25, -0.2) is 8.78 Å². The van der Waals surface area contributed by atoms with Crippen molar-refractivity contribution in [2.24, 2.45) is 5.92 Å². The predicted molar refractivity (Wildman–Crippen MR) is 163 cm³/mol. The molecule has 1 unspecified atom stereocenters. The molecule has 3 fully saturated rings. The highest BCUT2D eigenvalue weighted by atomic mass is 19.1. The third-order valence-electron chi connectivity index (χ3n) is 9.73. The number of hydrogen-bond acceptors (Lipinski definition) is 7. The summed E-state index contributed by atoms with van der Waals surface area (Å²) in [6, 6.07) is 12.7. The summed E-state index contributed by atoms with van der Waals surface area (Å²) >= 11 is 0. The second-order valence-electron chi connectivity index (χ2n) is 12.3. The number of fused-ring (bicyclic) bond motifs is 3. The van der Waals surface area contributed by atoms with E-state index < -0.39 is 11.6 Å². The molecule has 2 aromatic heterocycles. The number of nitrogens with zero attached hydrogens (tertiary/aromatic N) is 6. The number of anilines is 1. The van der Waals surface area contributed by atoms with E-state index >= 15 is 8.78 Å². The van der Waals surface area contributed by atoms with Crippen molar-refractivity contribution >= 4 is 27.5 Å². The van der Waals surface area contributed by atoms with E-state index in [2.05, 4.69) is 25.8 Å². The molecule has 3 saturated heterocycles. The van der Waals surface area contributed by atoms with Crippen molar-refractivity contribution in [2.45, 2.75) is 63.3 Å². The smallest absolute Gasteiger partial charge is 0.319 e. The second kappa shape index (κ2) is 11.6. The van der Waals surface area contributed by atoms with E-state index in [1.165, 1.54) is 6.07 Å². The largest absolute Gasteiger partial charge is 0.461 e. The van der Waals surface area contributed by atoms with Gasteiger partial charge in [0.15, 0.2) is 5.82 Å². The molecular weight excluding hydrogens is 546 g/mol. The number of benzene rings is 2. The quantitative estimate of drug-likeness (QED) is 0.250. The van der Waals surface area contributed by atoms with Gasteiger partial charge in [0.25, 0.3) is 0 Å². The predicted octanol–water partition coefficient (Wildman–Crippen LogP) is 7.04. The summed E-state index contributed by atoms with van der Waals surface area (Å²) in [5.41, 5.74) is 0.553. The summed E-state index contributed by atoms with van der Waals surface area (Å²) < 4.78 is 38.0. The molecule has 43 heavy (non-hydrogen) atoms. The first-order valence-corrected chi connectivity index (χ1v) is 15.6. The Morgan fingerprint density at radius 1 is 0.930 bits per heavy atom. The fourth-order valence-electron chi connectivity index (χ4n) is 7.49. The van der Waals surface area contributed by atoms with Crippen LogP contribution in [-0.2, 0) is 0 Å². The van der Waals surface area contributed by atoms with Gasteiger partial charge in [0.05, 0.1) is 17.0 Å². The molecule has 222 valence electrons. The minimum absolute atomic E-state index is 0.00828. The van der Waals surface area contributed by atoms with Gasteiger partial charge in [0, 0.05) is 36.2 Å². The first-order valence-electron chi connectivity index (χ1n) is 15.6. The van der Waals surface area contributed by atoms with Crippen LogP contribution in [0.4, 0.5) is 14.6 Å². The van der Waals surface area contributed by atoms with Crippen LogP contribution in [0.3, 0.4) is 0 Å². The molecule has 0 N–H and O–H groups in total. The van der Waals surface area contributed by atoms with Gasteiger partial charge in [0.1, 0.15) is 29.5 Å². The van der Waals surface area contributed by atoms with Crippen molar-refractivity contribution in [1.82, 2.24) is 19.9 Å². The Labute approximate surface area is 250 Å². The highest BCUT2D eigenvalue weighted by Gasteiger charge is 2.45. The van der Waals surface area contributed by atoms with E-state index in [1.807, 2.05) is 12.1 Å². The summed E-state index contributed by atoms with van der Waals surface area (Å²) in [7, 11) is 0.